The van der Waals surface area contributed by atoms with E-state index < -0.39 is 17.7 Å². The van der Waals surface area contributed by atoms with Crippen molar-refractivity contribution in [3.05, 3.63) is 65.2 Å². The molecule has 2 atom stereocenters. The average Bonchev–Trinajstić information content (AvgIpc) is 2.87. The molecule has 2 aromatic rings. The Kier molecular flexibility index (Phi) is 3.38. The highest BCUT2D eigenvalue weighted by Gasteiger charge is 2.31. The highest BCUT2D eigenvalue weighted by atomic mass is 19.2. The predicted molar refractivity (Wildman–Crippen MR) is 71.0 cm³/mol. The number of rotatable bonds is 3. The van der Waals surface area contributed by atoms with Gasteiger partial charge in [-0.15, -0.1) is 0 Å². The molecule has 0 saturated heterocycles. The summed E-state index contributed by atoms with van der Waals surface area (Å²) in [5.41, 5.74) is 4.27. The van der Waals surface area contributed by atoms with Crippen LogP contribution in [0.25, 0.3) is 0 Å². The molecule has 1 heterocycles. The molecule has 3 rings (SSSR count). The second-order valence-corrected chi connectivity index (χ2v) is 4.79. The summed E-state index contributed by atoms with van der Waals surface area (Å²) < 4.78 is 32.2. The van der Waals surface area contributed by atoms with E-state index in [4.69, 9.17) is 10.6 Å². The van der Waals surface area contributed by atoms with Gasteiger partial charge in [0.15, 0.2) is 11.6 Å². The van der Waals surface area contributed by atoms with E-state index in [9.17, 15) is 8.78 Å². The molecule has 2 unspecified atom stereocenters. The molecule has 1 aliphatic rings. The summed E-state index contributed by atoms with van der Waals surface area (Å²) in [7, 11) is 0. The fraction of sp³-hybridized carbons (Fsp3) is 0.200. The maximum atomic E-state index is 13.3. The summed E-state index contributed by atoms with van der Waals surface area (Å²) in [6.45, 7) is 0. The first-order chi connectivity index (χ1) is 9.69. The van der Waals surface area contributed by atoms with Crippen LogP contribution in [-0.2, 0) is 6.42 Å². The minimum Gasteiger partial charge on any atom is -0.488 e. The Morgan fingerprint density at radius 1 is 1.15 bits per heavy atom. The van der Waals surface area contributed by atoms with Crippen LogP contribution in [0, 0.1) is 11.6 Å². The van der Waals surface area contributed by atoms with Crippen molar-refractivity contribution in [2.24, 2.45) is 5.84 Å². The molecular weight excluding hydrogens is 262 g/mol. The van der Waals surface area contributed by atoms with Crippen LogP contribution in [0.5, 0.6) is 5.75 Å². The zero-order valence-electron chi connectivity index (χ0n) is 10.6. The van der Waals surface area contributed by atoms with Gasteiger partial charge in [-0.05, 0) is 29.3 Å². The molecule has 0 aliphatic carbocycles. The summed E-state index contributed by atoms with van der Waals surface area (Å²) >= 11 is 0. The van der Waals surface area contributed by atoms with Crippen LogP contribution in [0.3, 0.4) is 0 Å². The second kappa shape index (κ2) is 5.19. The van der Waals surface area contributed by atoms with E-state index in [0.29, 0.717) is 12.0 Å². The number of nitrogens with two attached hydrogens (primary N) is 1. The fourth-order valence-electron chi connectivity index (χ4n) is 2.52. The van der Waals surface area contributed by atoms with Gasteiger partial charge in [0.1, 0.15) is 11.9 Å². The van der Waals surface area contributed by atoms with Crippen LogP contribution in [0.15, 0.2) is 42.5 Å². The molecule has 0 spiro atoms. The van der Waals surface area contributed by atoms with Crippen molar-refractivity contribution in [1.29, 1.82) is 0 Å². The lowest BCUT2D eigenvalue weighted by atomic mass is 9.98. The summed E-state index contributed by atoms with van der Waals surface area (Å²) in [5.74, 6) is 4.60. The smallest absolute Gasteiger partial charge is 0.159 e. The molecular formula is C15H14F2N2O. The first-order valence-corrected chi connectivity index (χ1v) is 6.34. The topological polar surface area (TPSA) is 47.3 Å². The maximum absolute atomic E-state index is 13.3. The van der Waals surface area contributed by atoms with Crippen LogP contribution in [-0.4, -0.2) is 6.10 Å². The predicted octanol–water partition coefficient (Wildman–Crippen LogP) is 2.47. The van der Waals surface area contributed by atoms with Gasteiger partial charge in [0, 0.05) is 6.42 Å². The minimum absolute atomic E-state index is 0.248. The zero-order chi connectivity index (χ0) is 14.1. The summed E-state index contributed by atoms with van der Waals surface area (Å²) in [6.07, 6.45) is 0.423. The second-order valence-electron chi connectivity index (χ2n) is 4.79. The van der Waals surface area contributed by atoms with E-state index >= 15 is 0 Å². The van der Waals surface area contributed by atoms with E-state index in [1.54, 1.807) is 0 Å². The minimum atomic E-state index is -0.890. The van der Waals surface area contributed by atoms with Crippen molar-refractivity contribution in [3.63, 3.8) is 0 Å². The third-order valence-electron chi connectivity index (χ3n) is 3.53. The van der Waals surface area contributed by atoms with Crippen LogP contribution < -0.4 is 16.0 Å². The molecule has 1 aliphatic heterocycles. The maximum Gasteiger partial charge on any atom is 0.159 e. The molecule has 5 heteroatoms. The lowest BCUT2D eigenvalue weighted by molar-refractivity contribution is 0.179. The Hall–Kier alpha value is -1.98. The van der Waals surface area contributed by atoms with Crippen molar-refractivity contribution in [1.82, 2.24) is 5.43 Å². The van der Waals surface area contributed by atoms with Crippen LogP contribution in [0.1, 0.15) is 17.2 Å². The summed E-state index contributed by atoms with van der Waals surface area (Å²) in [5, 5.41) is 0. The van der Waals surface area contributed by atoms with Gasteiger partial charge < -0.3 is 4.74 Å². The standard InChI is InChI=1S/C15H14F2N2O/c16-11-6-5-10(7-12(11)17)15(19-18)14-8-9-3-1-2-4-13(9)20-14/h1-7,14-15,19H,8,18H2. The van der Waals surface area contributed by atoms with Crippen molar-refractivity contribution in [3.8, 4) is 5.75 Å². The van der Waals surface area contributed by atoms with Gasteiger partial charge in [-0.1, -0.05) is 24.3 Å². The van der Waals surface area contributed by atoms with Gasteiger partial charge >= 0.3 is 0 Å². The van der Waals surface area contributed by atoms with E-state index in [2.05, 4.69) is 5.43 Å². The molecule has 0 radical (unpaired) electrons. The number of benzene rings is 2. The van der Waals surface area contributed by atoms with Crippen molar-refractivity contribution >= 4 is 0 Å². The van der Waals surface area contributed by atoms with Crippen molar-refractivity contribution in [2.45, 2.75) is 18.6 Å². The number of hydrogen-bond donors (Lipinski definition) is 2. The lowest BCUT2D eigenvalue weighted by Gasteiger charge is -2.23. The molecule has 3 N–H and O–H groups in total. The summed E-state index contributed by atoms with van der Waals surface area (Å²) in [6, 6.07) is 11.0. The Bertz CT molecular complexity index is 608. The van der Waals surface area contributed by atoms with Gasteiger partial charge in [-0.2, -0.15) is 0 Å². The number of para-hydroxylation sites is 1. The molecule has 0 amide bonds. The molecule has 0 bridgehead atoms. The SMILES string of the molecule is NNC(c1ccc(F)c(F)c1)C1Cc2ccccc2O1. The van der Waals surface area contributed by atoms with E-state index in [1.807, 2.05) is 24.3 Å². The van der Waals surface area contributed by atoms with E-state index in [-0.39, 0.29) is 6.10 Å². The lowest BCUT2D eigenvalue weighted by Crippen LogP contribution is -2.39. The van der Waals surface area contributed by atoms with Gasteiger partial charge in [0.25, 0.3) is 0 Å². The Balaban J connectivity index is 1.87. The van der Waals surface area contributed by atoms with Crippen LogP contribution in [0.2, 0.25) is 0 Å². The molecule has 3 nitrogen and oxygen atoms in total. The third kappa shape index (κ3) is 2.26. The van der Waals surface area contributed by atoms with Crippen LogP contribution >= 0.6 is 0 Å². The van der Waals surface area contributed by atoms with Gasteiger partial charge in [0.2, 0.25) is 0 Å². The zero-order valence-corrected chi connectivity index (χ0v) is 10.6. The molecule has 104 valence electrons. The number of hydrogen-bond acceptors (Lipinski definition) is 3. The van der Waals surface area contributed by atoms with Gasteiger partial charge in [-0.25, -0.2) is 14.2 Å². The van der Waals surface area contributed by atoms with E-state index in [0.717, 1.165) is 23.4 Å². The third-order valence-corrected chi connectivity index (χ3v) is 3.53. The van der Waals surface area contributed by atoms with Crippen molar-refractivity contribution in [2.75, 3.05) is 0 Å². The molecule has 0 saturated carbocycles. The fourth-order valence-corrected chi connectivity index (χ4v) is 2.52. The first kappa shape index (κ1) is 13.0. The number of hydrazine groups is 1. The highest BCUT2D eigenvalue weighted by Crippen LogP contribution is 2.34. The van der Waals surface area contributed by atoms with Gasteiger partial charge in [0.05, 0.1) is 6.04 Å². The number of nitrogens with one attached hydrogen (secondary N) is 1. The van der Waals surface area contributed by atoms with E-state index in [1.165, 1.54) is 6.07 Å². The number of ether oxygens (including phenoxy) is 1. The summed E-state index contributed by atoms with van der Waals surface area (Å²) in [4.78, 5) is 0. The highest BCUT2D eigenvalue weighted by molar-refractivity contribution is 5.38. The van der Waals surface area contributed by atoms with Crippen LogP contribution in [0.4, 0.5) is 8.78 Å². The first-order valence-electron chi connectivity index (χ1n) is 6.34. The Morgan fingerprint density at radius 3 is 2.65 bits per heavy atom. The number of fused-ring (bicyclic) bond motifs is 1. The number of halogens is 2. The Labute approximate surface area is 115 Å². The molecule has 20 heavy (non-hydrogen) atoms. The largest absolute Gasteiger partial charge is 0.488 e. The van der Waals surface area contributed by atoms with Crippen molar-refractivity contribution < 1.29 is 13.5 Å². The average molecular weight is 276 g/mol. The molecule has 2 aromatic carbocycles. The Morgan fingerprint density at radius 2 is 1.95 bits per heavy atom. The quantitative estimate of drug-likeness (QED) is 0.669. The normalized spacial score (nSPS) is 18.4. The molecule has 0 aromatic heterocycles. The van der Waals surface area contributed by atoms with Gasteiger partial charge in [-0.3, -0.25) is 5.84 Å². The molecule has 0 fully saturated rings. The monoisotopic (exact) mass is 276 g/mol.